The maximum Gasteiger partial charge on any atom is 0.318 e. The van der Waals surface area contributed by atoms with E-state index in [1.54, 1.807) is 0 Å². The summed E-state index contributed by atoms with van der Waals surface area (Å²) < 4.78 is 0. The van der Waals surface area contributed by atoms with Crippen molar-refractivity contribution in [2.24, 2.45) is 0 Å². The molecule has 3 heteroatoms. The van der Waals surface area contributed by atoms with Gasteiger partial charge in [0.2, 0.25) is 0 Å². The Labute approximate surface area is 132 Å². The molecule has 0 radical (unpaired) electrons. The summed E-state index contributed by atoms with van der Waals surface area (Å²) >= 11 is 0. The van der Waals surface area contributed by atoms with Gasteiger partial charge in [0.25, 0.3) is 0 Å². The molecule has 0 saturated carbocycles. The molecular weight excluding hydrogens is 272 g/mol. The number of amides is 2. The van der Waals surface area contributed by atoms with E-state index < -0.39 is 0 Å². The van der Waals surface area contributed by atoms with Crippen LogP contribution in [0.5, 0.6) is 0 Å². The number of nitrogens with one attached hydrogen (secondary N) is 1. The largest absolute Gasteiger partial charge is 0.334 e. The van der Waals surface area contributed by atoms with Crippen molar-refractivity contribution in [1.82, 2.24) is 10.2 Å². The number of hydrogen-bond acceptors (Lipinski definition) is 1. The lowest BCUT2D eigenvalue weighted by Crippen LogP contribution is -2.54. The van der Waals surface area contributed by atoms with E-state index in [0.717, 1.165) is 12.0 Å². The fourth-order valence-corrected chi connectivity index (χ4v) is 3.05. The summed E-state index contributed by atoms with van der Waals surface area (Å²) in [5.41, 5.74) is 3.54. The fourth-order valence-electron chi connectivity index (χ4n) is 3.05. The summed E-state index contributed by atoms with van der Waals surface area (Å²) in [5.74, 6) is 0. The second-order valence-electron chi connectivity index (χ2n) is 6.49. The highest BCUT2D eigenvalue weighted by Gasteiger charge is 2.35. The molecule has 0 atom stereocenters. The molecule has 2 aromatic carbocycles. The molecule has 0 fully saturated rings. The molecule has 0 saturated heterocycles. The van der Waals surface area contributed by atoms with E-state index in [1.807, 2.05) is 41.3 Å². The third-order valence-electron chi connectivity index (χ3n) is 4.33. The number of carbonyl (C=O) groups is 1. The van der Waals surface area contributed by atoms with Gasteiger partial charge in [-0.05, 0) is 37.0 Å². The summed E-state index contributed by atoms with van der Waals surface area (Å²) in [6, 6.07) is 18.4. The number of rotatable bonds is 2. The first kappa shape index (κ1) is 14.6. The van der Waals surface area contributed by atoms with E-state index in [-0.39, 0.29) is 11.6 Å². The number of nitrogens with zero attached hydrogens (tertiary/aromatic N) is 1. The van der Waals surface area contributed by atoms with Crippen molar-refractivity contribution in [1.29, 1.82) is 0 Å². The van der Waals surface area contributed by atoms with Crippen LogP contribution in [0.2, 0.25) is 0 Å². The molecule has 2 aromatic rings. The highest BCUT2D eigenvalue weighted by atomic mass is 16.2. The third-order valence-corrected chi connectivity index (χ3v) is 4.33. The lowest BCUT2D eigenvalue weighted by molar-refractivity contribution is 0.119. The summed E-state index contributed by atoms with van der Waals surface area (Å²) in [6.07, 6.45) is 0.891. The maximum absolute atomic E-state index is 12.6. The molecule has 1 aliphatic rings. The zero-order valence-corrected chi connectivity index (χ0v) is 13.2. The summed E-state index contributed by atoms with van der Waals surface area (Å²) in [7, 11) is 0. The molecule has 114 valence electrons. The Balaban J connectivity index is 1.72. The van der Waals surface area contributed by atoms with E-state index in [1.165, 1.54) is 11.1 Å². The minimum absolute atomic E-state index is 0.00311. The van der Waals surface area contributed by atoms with Crippen molar-refractivity contribution in [2.75, 3.05) is 0 Å². The van der Waals surface area contributed by atoms with E-state index >= 15 is 0 Å². The van der Waals surface area contributed by atoms with Gasteiger partial charge in [0, 0.05) is 18.6 Å². The molecule has 3 nitrogen and oxygen atoms in total. The standard InChI is InChI=1S/C19H22N2O/c1-19(2)12-16-10-6-7-11-17(16)14-21(19)18(22)20-13-15-8-4-3-5-9-15/h3-11H,12-14H2,1-2H3,(H,20,22). The van der Waals surface area contributed by atoms with Crippen LogP contribution in [0.4, 0.5) is 4.79 Å². The van der Waals surface area contributed by atoms with Crippen LogP contribution in [0.15, 0.2) is 54.6 Å². The van der Waals surface area contributed by atoms with Crippen LogP contribution in [-0.4, -0.2) is 16.5 Å². The Morgan fingerprint density at radius 3 is 2.41 bits per heavy atom. The SMILES string of the molecule is CC1(C)Cc2ccccc2CN1C(=O)NCc1ccccc1. The highest BCUT2D eigenvalue weighted by Crippen LogP contribution is 2.30. The van der Waals surface area contributed by atoms with Crippen molar-refractivity contribution >= 4 is 6.03 Å². The molecule has 3 rings (SSSR count). The quantitative estimate of drug-likeness (QED) is 0.899. The number of fused-ring (bicyclic) bond motifs is 1. The smallest absolute Gasteiger partial charge is 0.318 e. The van der Waals surface area contributed by atoms with Gasteiger partial charge in [-0.15, -0.1) is 0 Å². The predicted octanol–water partition coefficient (Wildman–Crippen LogP) is 3.73. The first-order chi connectivity index (χ1) is 10.6. The van der Waals surface area contributed by atoms with Gasteiger partial charge >= 0.3 is 6.03 Å². The van der Waals surface area contributed by atoms with Gasteiger partial charge in [-0.25, -0.2) is 4.79 Å². The van der Waals surface area contributed by atoms with Crippen molar-refractivity contribution < 1.29 is 4.79 Å². The van der Waals surface area contributed by atoms with Gasteiger partial charge in [0.15, 0.2) is 0 Å². The van der Waals surface area contributed by atoms with Crippen molar-refractivity contribution in [3.63, 3.8) is 0 Å². The molecule has 0 bridgehead atoms. The fraction of sp³-hybridized carbons (Fsp3) is 0.316. The zero-order chi connectivity index (χ0) is 15.6. The molecule has 1 heterocycles. The zero-order valence-electron chi connectivity index (χ0n) is 13.2. The lowest BCUT2D eigenvalue weighted by atomic mass is 9.86. The molecule has 0 aromatic heterocycles. The highest BCUT2D eigenvalue weighted by molar-refractivity contribution is 5.75. The van der Waals surface area contributed by atoms with E-state index in [9.17, 15) is 4.79 Å². The number of urea groups is 1. The van der Waals surface area contributed by atoms with Crippen molar-refractivity contribution in [3.8, 4) is 0 Å². The van der Waals surface area contributed by atoms with Crippen LogP contribution in [0.3, 0.4) is 0 Å². The Hall–Kier alpha value is -2.29. The molecule has 22 heavy (non-hydrogen) atoms. The van der Waals surface area contributed by atoms with Crippen molar-refractivity contribution in [2.45, 2.75) is 38.9 Å². The second-order valence-corrected chi connectivity index (χ2v) is 6.49. The number of hydrogen-bond donors (Lipinski definition) is 1. The van der Waals surface area contributed by atoms with Gasteiger partial charge in [-0.3, -0.25) is 0 Å². The monoisotopic (exact) mass is 294 g/mol. The van der Waals surface area contributed by atoms with Gasteiger partial charge in [-0.2, -0.15) is 0 Å². The van der Waals surface area contributed by atoms with Crippen LogP contribution in [0.25, 0.3) is 0 Å². The molecule has 0 unspecified atom stereocenters. The van der Waals surface area contributed by atoms with Gasteiger partial charge in [0.05, 0.1) is 0 Å². The van der Waals surface area contributed by atoms with Crippen LogP contribution < -0.4 is 5.32 Å². The van der Waals surface area contributed by atoms with E-state index in [4.69, 9.17) is 0 Å². The minimum atomic E-state index is -0.172. The van der Waals surface area contributed by atoms with Crippen LogP contribution in [-0.2, 0) is 19.5 Å². The third kappa shape index (κ3) is 2.98. The summed E-state index contributed by atoms with van der Waals surface area (Å²) in [6.45, 7) is 5.49. The van der Waals surface area contributed by atoms with Crippen LogP contribution >= 0.6 is 0 Å². The maximum atomic E-state index is 12.6. The topological polar surface area (TPSA) is 32.3 Å². The second kappa shape index (κ2) is 5.84. The first-order valence-electron chi connectivity index (χ1n) is 7.72. The van der Waals surface area contributed by atoms with E-state index in [2.05, 4.69) is 37.4 Å². The minimum Gasteiger partial charge on any atom is -0.334 e. The average Bonchev–Trinajstić information content (AvgIpc) is 2.52. The van der Waals surface area contributed by atoms with Gasteiger partial charge in [-0.1, -0.05) is 54.6 Å². The molecule has 1 aliphatic heterocycles. The predicted molar refractivity (Wildman–Crippen MR) is 88.4 cm³/mol. The molecule has 1 N–H and O–H groups in total. The summed E-state index contributed by atoms with van der Waals surface area (Å²) in [5, 5.41) is 3.04. The van der Waals surface area contributed by atoms with Gasteiger partial charge < -0.3 is 10.2 Å². The van der Waals surface area contributed by atoms with Crippen LogP contribution in [0, 0.1) is 0 Å². The lowest BCUT2D eigenvalue weighted by Gasteiger charge is -2.43. The Morgan fingerprint density at radius 1 is 1.05 bits per heavy atom. The Kier molecular flexibility index (Phi) is 3.88. The normalized spacial score (nSPS) is 16.0. The Morgan fingerprint density at radius 2 is 1.68 bits per heavy atom. The van der Waals surface area contributed by atoms with Crippen LogP contribution in [0.1, 0.15) is 30.5 Å². The Bertz CT molecular complexity index is 664. The van der Waals surface area contributed by atoms with E-state index in [0.29, 0.717) is 13.1 Å². The number of carbonyl (C=O) groups excluding carboxylic acids is 1. The molecule has 2 amide bonds. The molecule has 0 aliphatic carbocycles. The van der Waals surface area contributed by atoms with Gasteiger partial charge in [0.1, 0.15) is 0 Å². The number of benzene rings is 2. The average molecular weight is 294 g/mol. The molecular formula is C19H22N2O. The summed E-state index contributed by atoms with van der Waals surface area (Å²) in [4.78, 5) is 14.6. The van der Waals surface area contributed by atoms with Crippen molar-refractivity contribution in [3.05, 3.63) is 71.3 Å². The first-order valence-corrected chi connectivity index (χ1v) is 7.72. The molecule has 0 spiro atoms.